The third kappa shape index (κ3) is 14.8. The molecule has 5 N–H and O–H groups in total. The monoisotopic (exact) mass is 368 g/mol. The van der Waals surface area contributed by atoms with Gasteiger partial charge >= 0.3 is 35.5 Å². The molecule has 0 radical (unpaired) electrons. The SMILES string of the molecule is CCCCCCCCCCCC(=O)C(N)(CCO)CNCC(=O)O.[NaH]. The van der Waals surface area contributed by atoms with Crippen molar-refractivity contribution in [2.75, 3.05) is 19.7 Å². The minimum absolute atomic E-state index is 0. The molecule has 7 heteroatoms. The summed E-state index contributed by atoms with van der Waals surface area (Å²) in [6, 6.07) is 0. The van der Waals surface area contributed by atoms with Crippen LogP contribution in [0.5, 0.6) is 0 Å². The zero-order valence-corrected chi connectivity index (χ0v) is 15.2. The number of aliphatic hydroxyl groups excluding tert-OH is 1. The fourth-order valence-corrected chi connectivity index (χ4v) is 2.76. The van der Waals surface area contributed by atoms with E-state index in [0.29, 0.717) is 6.42 Å². The average Bonchev–Trinajstić information content (AvgIpc) is 2.53. The van der Waals surface area contributed by atoms with Crippen LogP contribution >= 0.6 is 0 Å². The van der Waals surface area contributed by atoms with Crippen LogP contribution in [0.25, 0.3) is 0 Å². The van der Waals surface area contributed by atoms with Crippen molar-refractivity contribution < 1.29 is 19.8 Å². The molecular weight excluding hydrogens is 331 g/mol. The predicted octanol–water partition coefficient (Wildman–Crippen LogP) is 1.58. The Morgan fingerprint density at radius 3 is 2.00 bits per heavy atom. The van der Waals surface area contributed by atoms with Crippen molar-refractivity contribution in [3.63, 3.8) is 0 Å². The van der Waals surface area contributed by atoms with Gasteiger partial charge in [0.1, 0.15) is 0 Å². The Morgan fingerprint density at radius 2 is 1.52 bits per heavy atom. The van der Waals surface area contributed by atoms with Crippen molar-refractivity contribution in [1.29, 1.82) is 0 Å². The summed E-state index contributed by atoms with van der Waals surface area (Å²) in [7, 11) is 0. The van der Waals surface area contributed by atoms with E-state index in [0.717, 1.165) is 19.3 Å². The third-order valence-electron chi connectivity index (χ3n) is 4.34. The number of hydrogen-bond donors (Lipinski definition) is 4. The fourth-order valence-electron chi connectivity index (χ4n) is 2.76. The van der Waals surface area contributed by atoms with E-state index >= 15 is 0 Å². The molecule has 0 spiro atoms. The van der Waals surface area contributed by atoms with Gasteiger partial charge in [-0.3, -0.25) is 9.59 Å². The summed E-state index contributed by atoms with van der Waals surface area (Å²) in [6.07, 6.45) is 11.1. The molecule has 0 aromatic heterocycles. The van der Waals surface area contributed by atoms with Gasteiger partial charge in [-0.05, 0) is 12.8 Å². The Morgan fingerprint density at radius 1 is 1.00 bits per heavy atom. The van der Waals surface area contributed by atoms with E-state index in [1.54, 1.807) is 0 Å². The molecule has 0 bridgehead atoms. The molecule has 0 saturated heterocycles. The fraction of sp³-hybridized carbons (Fsp3) is 0.889. The van der Waals surface area contributed by atoms with Gasteiger partial charge in [0.05, 0.1) is 12.1 Å². The number of carboxylic acids is 1. The van der Waals surface area contributed by atoms with Crippen LogP contribution in [0, 0.1) is 0 Å². The predicted molar refractivity (Wildman–Crippen MR) is 103 cm³/mol. The first-order valence-electron chi connectivity index (χ1n) is 9.32. The number of unbranched alkanes of at least 4 members (excludes halogenated alkanes) is 8. The number of ketones is 1. The molecule has 1 unspecified atom stereocenters. The quantitative estimate of drug-likeness (QED) is 0.229. The van der Waals surface area contributed by atoms with Gasteiger partial charge in [-0.25, -0.2) is 0 Å². The van der Waals surface area contributed by atoms with Gasteiger partial charge in [0.25, 0.3) is 0 Å². The van der Waals surface area contributed by atoms with Crippen LogP contribution in [0.3, 0.4) is 0 Å². The zero-order chi connectivity index (χ0) is 18.3. The molecule has 0 heterocycles. The van der Waals surface area contributed by atoms with Gasteiger partial charge in [-0.15, -0.1) is 0 Å². The summed E-state index contributed by atoms with van der Waals surface area (Å²) >= 11 is 0. The van der Waals surface area contributed by atoms with Crippen LogP contribution in [0.2, 0.25) is 0 Å². The molecule has 6 nitrogen and oxygen atoms in total. The van der Waals surface area contributed by atoms with Crippen molar-refractivity contribution in [2.24, 2.45) is 5.73 Å². The summed E-state index contributed by atoms with van der Waals surface area (Å²) in [5, 5.41) is 20.4. The molecule has 144 valence electrons. The van der Waals surface area contributed by atoms with Crippen molar-refractivity contribution >= 4 is 41.3 Å². The van der Waals surface area contributed by atoms with Crippen LogP contribution in [0.1, 0.15) is 77.6 Å². The first-order chi connectivity index (χ1) is 11.5. The van der Waals surface area contributed by atoms with Gasteiger partial charge in [0, 0.05) is 19.6 Å². The first-order valence-corrected chi connectivity index (χ1v) is 9.32. The minimum atomic E-state index is -1.18. The Labute approximate surface area is 174 Å². The summed E-state index contributed by atoms with van der Waals surface area (Å²) < 4.78 is 0. The van der Waals surface area contributed by atoms with Crippen LogP contribution in [0.15, 0.2) is 0 Å². The molecular formula is C18H37N2NaO4. The van der Waals surface area contributed by atoms with E-state index in [1.165, 1.54) is 38.5 Å². The molecule has 0 saturated carbocycles. The molecule has 0 aromatic carbocycles. The van der Waals surface area contributed by atoms with E-state index in [4.69, 9.17) is 15.9 Å². The molecule has 0 fully saturated rings. The zero-order valence-electron chi connectivity index (χ0n) is 15.2. The second-order valence-corrected chi connectivity index (χ2v) is 6.63. The van der Waals surface area contributed by atoms with Crippen LogP contribution in [-0.2, 0) is 9.59 Å². The average molecular weight is 368 g/mol. The summed E-state index contributed by atoms with van der Waals surface area (Å²) in [5.74, 6) is -1.09. The van der Waals surface area contributed by atoms with Crippen LogP contribution < -0.4 is 11.1 Å². The van der Waals surface area contributed by atoms with Crippen molar-refractivity contribution in [1.82, 2.24) is 5.32 Å². The Balaban J connectivity index is 0. The second kappa shape index (κ2) is 17.4. The van der Waals surface area contributed by atoms with Crippen LogP contribution in [-0.4, -0.2) is 76.8 Å². The van der Waals surface area contributed by atoms with E-state index in [-0.39, 0.29) is 61.5 Å². The van der Waals surface area contributed by atoms with Gasteiger partial charge in [0.15, 0.2) is 5.78 Å². The normalized spacial score (nSPS) is 13.1. The second-order valence-electron chi connectivity index (χ2n) is 6.63. The Bertz CT molecular complexity index is 356. The van der Waals surface area contributed by atoms with E-state index in [9.17, 15) is 9.59 Å². The number of hydrogen-bond acceptors (Lipinski definition) is 5. The molecule has 0 amide bonds. The maximum atomic E-state index is 12.3. The number of aliphatic hydroxyl groups is 1. The van der Waals surface area contributed by atoms with Crippen molar-refractivity contribution in [3.05, 3.63) is 0 Å². The number of Topliss-reactive ketones (excluding diaryl/α,β-unsaturated/α-hetero) is 1. The first kappa shape index (κ1) is 27.2. The van der Waals surface area contributed by atoms with Crippen molar-refractivity contribution in [2.45, 2.75) is 83.1 Å². The standard InChI is InChI=1S/C18H36N2O4.Na.H/c1-2-3-4-5-6-7-8-9-10-11-16(22)18(19,12-13-21)15-20-14-17(23)24;;/h20-21H,2-15,19H2,1H3,(H,23,24);;. The van der Waals surface area contributed by atoms with Gasteiger partial charge in [-0.1, -0.05) is 58.3 Å². The number of nitrogens with two attached hydrogens (primary N) is 1. The number of carbonyl (C=O) groups is 2. The number of carboxylic acid groups (broad SMARTS) is 1. The Hall–Kier alpha value is 0.0200. The number of aliphatic carboxylic acids is 1. The van der Waals surface area contributed by atoms with Crippen LogP contribution in [0.4, 0.5) is 0 Å². The topological polar surface area (TPSA) is 113 Å². The number of carbonyl (C=O) groups excluding carboxylic acids is 1. The summed E-state index contributed by atoms with van der Waals surface area (Å²) in [4.78, 5) is 22.8. The van der Waals surface area contributed by atoms with Gasteiger partial charge in [0.2, 0.25) is 0 Å². The van der Waals surface area contributed by atoms with E-state index < -0.39 is 11.5 Å². The maximum absolute atomic E-state index is 12.3. The summed E-state index contributed by atoms with van der Waals surface area (Å²) in [5.41, 5.74) is 4.91. The van der Waals surface area contributed by atoms with Crippen molar-refractivity contribution in [3.8, 4) is 0 Å². The summed E-state index contributed by atoms with van der Waals surface area (Å²) in [6.45, 7) is 1.86. The molecule has 0 rings (SSSR count). The molecule has 0 aromatic rings. The molecule has 1 atom stereocenters. The van der Waals surface area contributed by atoms with E-state index in [1.807, 2.05) is 0 Å². The number of nitrogens with one attached hydrogen (secondary N) is 1. The molecule has 0 aliphatic carbocycles. The molecule has 0 aliphatic rings. The molecule has 25 heavy (non-hydrogen) atoms. The molecule has 0 aliphatic heterocycles. The Kier molecular flexibility index (Phi) is 19.0. The number of rotatable bonds is 17. The third-order valence-corrected chi connectivity index (χ3v) is 4.34. The van der Waals surface area contributed by atoms with E-state index in [2.05, 4.69) is 12.2 Å². The van der Waals surface area contributed by atoms with Gasteiger partial charge < -0.3 is 21.3 Å². The van der Waals surface area contributed by atoms with Gasteiger partial charge in [-0.2, -0.15) is 0 Å².